The fourth-order valence-corrected chi connectivity index (χ4v) is 1.61. The van der Waals surface area contributed by atoms with E-state index in [4.69, 9.17) is 0 Å². The number of para-hydroxylation sites is 1. The molecule has 0 saturated heterocycles. The van der Waals surface area contributed by atoms with E-state index in [0.29, 0.717) is 6.54 Å². The largest absolute Gasteiger partial charge is 0.325 e. The third kappa shape index (κ3) is 3.71. The van der Waals surface area contributed by atoms with Crippen molar-refractivity contribution in [1.29, 1.82) is 0 Å². The molecule has 0 atom stereocenters. The third-order valence-corrected chi connectivity index (χ3v) is 2.43. The van der Waals surface area contributed by atoms with E-state index in [1.54, 1.807) is 10.9 Å². The minimum absolute atomic E-state index is 0.0508. The molecule has 18 heavy (non-hydrogen) atoms. The predicted molar refractivity (Wildman–Crippen MR) is 70.0 cm³/mol. The van der Waals surface area contributed by atoms with Crippen LogP contribution in [0.1, 0.15) is 5.56 Å². The van der Waals surface area contributed by atoms with E-state index in [1.165, 1.54) is 0 Å². The van der Waals surface area contributed by atoms with Crippen molar-refractivity contribution in [3.8, 4) is 0 Å². The molecule has 5 nitrogen and oxygen atoms in total. The number of hydrogen-bond acceptors (Lipinski definition) is 3. The maximum Gasteiger partial charge on any atom is 0.238 e. The summed E-state index contributed by atoms with van der Waals surface area (Å²) in [6.45, 7) is 0.917. The summed E-state index contributed by atoms with van der Waals surface area (Å²) in [6.07, 6.45) is 3.70. The maximum atomic E-state index is 11.6. The molecule has 0 radical (unpaired) electrons. The van der Waals surface area contributed by atoms with E-state index < -0.39 is 0 Å². The van der Waals surface area contributed by atoms with Crippen LogP contribution in [0.25, 0.3) is 0 Å². The van der Waals surface area contributed by atoms with Crippen LogP contribution in [0.15, 0.2) is 42.7 Å². The molecule has 94 valence electrons. The van der Waals surface area contributed by atoms with Gasteiger partial charge in [0.2, 0.25) is 5.91 Å². The molecule has 0 aliphatic heterocycles. The molecule has 0 aliphatic carbocycles. The van der Waals surface area contributed by atoms with Crippen LogP contribution < -0.4 is 10.6 Å². The van der Waals surface area contributed by atoms with Gasteiger partial charge in [-0.3, -0.25) is 9.48 Å². The number of nitrogens with one attached hydrogen (secondary N) is 2. The lowest BCUT2D eigenvalue weighted by atomic mass is 10.3. The molecule has 5 heteroatoms. The third-order valence-electron chi connectivity index (χ3n) is 2.43. The number of hydrogen-bond donors (Lipinski definition) is 2. The van der Waals surface area contributed by atoms with Gasteiger partial charge in [-0.05, 0) is 12.1 Å². The normalized spacial score (nSPS) is 10.3. The standard InChI is InChI=1S/C13H16N4O/c1-17-10-11(8-15-17)7-14-9-13(18)16-12-5-3-2-4-6-12/h2-6,8,10,14H,7,9H2,1H3,(H,16,18). The summed E-state index contributed by atoms with van der Waals surface area (Å²) in [7, 11) is 1.87. The lowest BCUT2D eigenvalue weighted by molar-refractivity contribution is -0.115. The number of aromatic nitrogens is 2. The number of aryl methyl sites for hydroxylation is 1. The van der Waals surface area contributed by atoms with Gasteiger partial charge in [-0.2, -0.15) is 5.10 Å². The number of benzene rings is 1. The van der Waals surface area contributed by atoms with E-state index in [0.717, 1.165) is 11.3 Å². The van der Waals surface area contributed by atoms with Gasteiger partial charge < -0.3 is 10.6 Å². The summed E-state index contributed by atoms with van der Waals surface area (Å²) in [6, 6.07) is 9.41. The van der Waals surface area contributed by atoms with Gasteiger partial charge in [0.25, 0.3) is 0 Å². The first-order chi connectivity index (χ1) is 8.74. The first-order valence-electron chi connectivity index (χ1n) is 5.77. The summed E-state index contributed by atoms with van der Waals surface area (Å²) in [4.78, 5) is 11.6. The Hall–Kier alpha value is -2.14. The van der Waals surface area contributed by atoms with Crippen molar-refractivity contribution in [2.24, 2.45) is 7.05 Å². The highest BCUT2D eigenvalue weighted by Gasteiger charge is 2.02. The van der Waals surface area contributed by atoms with Crippen LogP contribution in [0.3, 0.4) is 0 Å². The Kier molecular flexibility index (Phi) is 4.09. The SMILES string of the molecule is Cn1cc(CNCC(=O)Nc2ccccc2)cn1. The smallest absolute Gasteiger partial charge is 0.238 e. The molecule has 1 heterocycles. The van der Waals surface area contributed by atoms with E-state index in [1.807, 2.05) is 43.6 Å². The summed E-state index contributed by atoms with van der Waals surface area (Å²) in [5, 5.41) is 9.94. The van der Waals surface area contributed by atoms with E-state index >= 15 is 0 Å². The Morgan fingerprint density at radius 3 is 2.78 bits per heavy atom. The molecule has 1 amide bonds. The molecule has 2 N–H and O–H groups in total. The topological polar surface area (TPSA) is 59.0 Å². The summed E-state index contributed by atoms with van der Waals surface area (Å²) in [5.74, 6) is -0.0508. The van der Waals surface area contributed by atoms with Crippen molar-refractivity contribution >= 4 is 11.6 Å². The Balaban J connectivity index is 1.72. The Morgan fingerprint density at radius 2 is 2.11 bits per heavy atom. The quantitative estimate of drug-likeness (QED) is 0.829. The minimum Gasteiger partial charge on any atom is -0.325 e. The molecular formula is C13H16N4O. The molecule has 0 aliphatic rings. The first-order valence-corrected chi connectivity index (χ1v) is 5.77. The highest BCUT2D eigenvalue weighted by molar-refractivity contribution is 5.92. The van der Waals surface area contributed by atoms with Crippen molar-refractivity contribution in [1.82, 2.24) is 15.1 Å². The predicted octanol–water partition coefficient (Wildman–Crippen LogP) is 1.15. The Labute approximate surface area is 106 Å². The average Bonchev–Trinajstić information content (AvgIpc) is 2.76. The lowest BCUT2D eigenvalue weighted by Gasteiger charge is -2.05. The summed E-state index contributed by atoms with van der Waals surface area (Å²) in [5.41, 5.74) is 1.87. The zero-order chi connectivity index (χ0) is 12.8. The van der Waals surface area contributed by atoms with Gasteiger partial charge in [-0.25, -0.2) is 0 Å². The number of carbonyl (C=O) groups is 1. The fourth-order valence-electron chi connectivity index (χ4n) is 1.61. The molecule has 1 aromatic carbocycles. The van der Waals surface area contributed by atoms with Crippen molar-refractivity contribution in [2.45, 2.75) is 6.54 Å². The van der Waals surface area contributed by atoms with E-state index in [-0.39, 0.29) is 12.5 Å². The first kappa shape index (κ1) is 12.3. The maximum absolute atomic E-state index is 11.6. The van der Waals surface area contributed by atoms with Gasteiger partial charge >= 0.3 is 0 Å². The van der Waals surface area contributed by atoms with Crippen LogP contribution in [-0.2, 0) is 18.4 Å². The van der Waals surface area contributed by atoms with Crippen LogP contribution >= 0.6 is 0 Å². The fraction of sp³-hybridized carbons (Fsp3) is 0.231. The van der Waals surface area contributed by atoms with Gasteiger partial charge in [0.1, 0.15) is 0 Å². The van der Waals surface area contributed by atoms with Crippen LogP contribution in [0.5, 0.6) is 0 Å². The van der Waals surface area contributed by atoms with Crippen LogP contribution in [0.2, 0.25) is 0 Å². The highest BCUT2D eigenvalue weighted by Crippen LogP contribution is 2.04. The number of rotatable bonds is 5. The monoisotopic (exact) mass is 244 g/mol. The van der Waals surface area contributed by atoms with Crippen molar-refractivity contribution in [2.75, 3.05) is 11.9 Å². The van der Waals surface area contributed by atoms with Crippen LogP contribution in [0, 0.1) is 0 Å². The molecule has 0 bridgehead atoms. The number of anilines is 1. The molecule has 1 aromatic heterocycles. The van der Waals surface area contributed by atoms with Gasteiger partial charge in [-0.15, -0.1) is 0 Å². The van der Waals surface area contributed by atoms with Gasteiger partial charge in [0.05, 0.1) is 12.7 Å². The van der Waals surface area contributed by atoms with Gasteiger partial charge in [0.15, 0.2) is 0 Å². The second-order valence-electron chi connectivity index (χ2n) is 4.04. The zero-order valence-electron chi connectivity index (χ0n) is 10.3. The lowest BCUT2D eigenvalue weighted by Crippen LogP contribution is -2.27. The number of amides is 1. The molecular weight excluding hydrogens is 228 g/mol. The number of carbonyl (C=O) groups excluding carboxylic acids is 1. The van der Waals surface area contributed by atoms with Crippen molar-refractivity contribution in [3.05, 3.63) is 48.3 Å². The van der Waals surface area contributed by atoms with Crippen LogP contribution in [0.4, 0.5) is 5.69 Å². The Morgan fingerprint density at radius 1 is 1.33 bits per heavy atom. The number of nitrogens with zero attached hydrogens (tertiary/aromatic N) is 2. The van der Waals surface area contributed by atoms with Crippen molar-refractivity contribution < 1.29 is 4.79 Å². The average molecular weight is 244 g/mol. The minimum atomic E-state index is -0.0508. The van der Waals surface area contributed by atoms with E-state index in [2.05, 4.69) is 15.7 Å². The molecule has 0 unspecified atom stereocenters. The summed E-state index contributed by atoms with van der Waals surface area (Å²) < 4.78 is 1.74. The second-order valence-corrected chi connectivity index (χ2v) is 4.04. The zero-order valence-corrected chi connectivity index (χ0v) is 10.3. The molecule has 2 aromatic rings. The summed E-state index contributed by atoms with van der Waals surface area (Å²) >= 11 is 0. The molecule has 0 saturated carbocycles. The van der Waals surface area contributed by atoms with Crippen molar-refractivity contribution in [3.63, 3.8) is 0 Å². The Bertz CT molecular complexity index is 507. The molecule has 2 rings (SSSR count). The highest BCUT2D eigenvalue weighted by atomic mass is 16.1. The van der Waals surface area contributed by atoms with Gasteiger partial charge in [-0.1, -0.05) is 18.2 Å². The molecule has 0 spiro atoms. The second kappa shape index (κ2) is 5.97. The molecule has 0 fully saturated rings. The van der Waals surface area contributed by atoms with E-state index in [9.17, 15) is 4.79 Å². The van der Waals surface area contributed by atoms with Crippen LogP contribution in [-0.4, -0.2) is 22.2 Å². The van der Waals surface area contributed by atoms with Gasteiger partial charge in [0, 0.05) is 31.0 Å².